The summed E-state index contributed by atoms with van der Waals surface area (Å²) in [4.78, 5) is 12.7. The lowest BCUT2D eigenvalue weighted by Gasteiger charge is -2.36. The number of amides is 1. The van der Waals surface area contributed by atoms with Crippen LogP contribution in [0.5, 0.6) is 0 Å². The molecule has 0 bridgehead atoms. The lowest BCUT2D eigenvalue weighted by molar-refractivity contribution is -0.125. The summed E-state index contributed by atoms with van der Waals surface area (Å²) in [6.45, 7) is 2.29. The fourth-order valence-corrected chi connectivity index (χ4v) is 4.63. The third-order valence-electron chi connectivity index (χ3n) is 4.85. The van der Waals surface area contributed by atoms with Crippen molar-refractivity contribution in [3.05, 3.63) is 53.3 Å². The van der Waals surface area contributed by atoms with E-state index in [1.165, 1.54) is 7.05 Å². The van der Waals surface area contributed by atoms with Crippen molar-refractivity contribution >= 4 is 16.1 Å². The Hall–Kier alpha value is -2.23. The smallest absolute Gasteiger partial charge is 0.280 e. The van der Waals surface area contributed by atoms with Gasteiger partial charge in [-0.15, -0.1) is 0 Å². The van der Waals surface area contributed by atoms with Gasteiger partial charge in [-0.3, -0.25) is 9.48 Å². The largest absolute Gasteiger partial charge is 0.354 e. The Bertz CT molecular complexity index is 910. The number of nitrogens with one attached hydrogen (secondary N) is 2. The molecule has 1 aromatic carbocycles. The fourth-order valence-electron chi connectivity index (χ4n) is 3.37. The maximum Gasteiger partial charge on any atom is 0.280 e. The van der Waals surface area contributed by atoms with Crippen molar-refractivity contribution in [3.8, 4) is 0 Å². The standard InChI is InChI=1S/C18H25N5O3S/c1-13-15(12-22(2)20-13)16-11-17(23(3)27(25,26)21-16)18(24)19-10-9-14-7-5-4-6-8-14/h4-8,12,16-17,21H,9-11H2,1-3H3,(H,19,24)/t16-,17-/m0/s1. The minimum absolute atomic E-state index is 0.287. The first-order valence-electron chi connectivity index (χ1n) is 8.85. The summed E-state index contributed by atoms with van der Waals surface area (Å²) in [6.07, 6.45) is 2.83. The molecule has 1 saturated heterocycles. The summed E-state index contributed by atoms with van der Waals surface area (Å²) < 4.78 is 30.4. The normalized spacial score (nSPS) is 22.5. The molecule has 146 valence electrons. The minimum Gasteiger partial charge on any atom is -0.354 e. The summed E-state index contributed by atoms with van der Waals surface area (Å²) in [7, 11) is -0.540. The first-order valence-corrected chi connectivity index (χ1v) is 10.3. The molecule has 2 aromatic rings. The van der Waals surface area contributed by atoms with Crippen molar-refractivity contribution in [2.24, 2.45) is 7.05 Å². The quantitative estimate of drug-likeness (QED) is 0.783. The van der Waals surface area contributed by atoms with Gasteiger partial charge in [-0.1, -0.05) is 30.3 Å². The van der Waals surface area contributed by atoms with Crippen LogP contribution in [0.25, 0.3) is 0 Å². The number of carbonyl (C=O) groups is 1. The number of rotatable bonds is 5. The van der Waals surface area contributed by atoms with Gasteiger partial charge in [-0.25, -0.2) is 0 Å². The van der Waals surface area contributed by atoms with Gasteiger partial charge < -0.3 is 5.32 Å². The van der Waals surface area contributed by atoms with Gasteiger partial charge in [-0.2, -0.15) is 22.5 Å². The molecule has 9 heteroatoms. The zero-order valence-corrected chi connectivity index (χ0v) is 16.5. The van der Waals surface area contributed by atoms with E-state index in [1.807, 2.05) is 37.3 Å². The Morgan fingerprint density at radius 1 is 1.30 bits per heavy atom. The van der Waals surface area contributed by atoms with Gasteiger partial charge in [0.25, 0.3) is 10.2 Å². The average molecular weight is 391 g/mol. The van der Waals surface area contributed by atoms with Crippen LogP contribution in [0.1, 0.15) is 29.3 Å². The van der Waals surface area contributed by atoms with Crippen LogP contribution < -0.4 is 10.0 Å². The Morgan fingerprint density at radius 3 is 2.63 bits per heavy atom. The van der Waals surface area contributed by atoms with Crippen molar-refractivity contribution in [1.29, 1.82) is 0 Å². The lowest BCUT2D eigenvalue weighted by Crippen LogP contribution is -2.57. The van der Waals surface area contributed by atoms with Crippen LogP contribution in [0, 0.1) is 6.92 Å². The van der Waals surface area contributed by atoms with E-state index in [4.69, 9.17) is 0 Å². The average Bonchev–Trinajstić information content (AvgIpc) is 2.96. The summed E-state index contributed by atoms with van der Waals surface area (Å²) in [5, 5.41) is 7.14. The number of nitrogens with zero attached hydrogens (tertiary/aromatic N) is 3. The van der Waals surface area contributed by atoms with Crippen LogP contribution in [0.2, 0.25) is 0 Å². The molecule has 8 nitrogen and oxygen atoms in total. The van der Waals surface area contributed by atoms with Crippen molar-refractivity contribution in [3.63, 3.8) is 0 Å². The van der Waals surface area contributed by atoms with E-state index < -0.39 is 22.3 Å². The Balaban J connectivity index is 1.70. The van der Waals surface area contributed by atoms with Crippen LogP contribution in [0.3, 0.4) is 0 Å². The maximum absolute atomic E-state index is 12.7. The maximum atomic E-state index is 12.7. The highest BCUT2D eigenvalue weighted by Gasteiger charge is 2.41. The van der Waals surface area contributed by atoms with Gasteiger partial charge in [0.15, 0.2) is 0 Å². The second kappa shape index (κ2) is 7.79. The Morgan fingerprint density at radius 2 is 2.00 bits per heavy atom. The number of carbonyl (C=O) groups excluding carboxylic acids is 1. The molecule has 0 radical (unpaired) electrons. The topological polar surface area (TPSA) is 96.3 Å². The van der Waals surface area contributed by atoms with Crippen LogP contribution in [-0.2, 0) is 28.5 Å². The molecule has 2 heterocycles. The molecule has 1 aromatic heterocycles. The van der Waals surface area contributed by atoms with E-state index >= 15 is 0 Å². The van der Waals surface area contributed by atoms with Gasteiger partial charge in [0.2, 0.25) is 5.91 Å². The molecule has 3 rings (SSSR count). The van der Waals surface area contributed by atoms with Crippen molar-refractivity contribution in [2.75, 3.05) is 13.6 Å². The third-order valence-corrected chi connectivity index (χ3v) is 6.45. The molecule has 0 unspecified atom stereocenters. The zero-order chi connectivity index (χ0) is 19.6. The van der Waals surface area contributed by atoms with Crippen molar-refractivity contribution in [2.45, 2.75) is 31.8 Å². The number of benzene rings is 1. The molecular weight excluding hydrogens is 366 g/mol. The highest BCUT2D eigenvalue weighted by Crippen LogP contribution is 2.29. The van der Waals surface area contributed by atoms with Gasteiger partial charge in [0.05, 0.1) is 11.7 Å². The number of likely N-dealkylation sites (N-methyl/N-ethyl adjacent to an activating group) is 1. The minimum atomic E-state index is -3.75. The molecule has 27 heavy (non-hydrogen) atoms. The fraction of sp³-hybridized carbons (Fsp3) is 0.444. The highest BCUT2D eigenvalue weighted by molar-refractivity contribution is 7.87. The molecule has 1 aliphatic heterocycles. The second-order valence-corrected chi connectivity index (χ2v) is 8.58. The molecule has 1 fully saturated rings. The summed E-state index contributed by atoms with van der Waals surface area (Å²) in [6, 6.07) is 8.58. The van der Waals surface area contributed by atoms with Gasteiger partial charge in [0, 0.05) is 32.4 Å². The van der Waals surface area contributed by atoms with Crippen molar-refractivity contribution in [1.82, 2.24) is 24.1 Å². The molecule has 1 aliphatic rings. The van der Waals surface area contributed by atoms with Crippen LogP contribution in [0.4, 0.5) is 0 Å². The number of hydrogen-bond acceptors (Lipinski definition) is 4. The number of aryl methyl sites for hydroxylation is 2. The van der Waals surface area contributed by atoms with Gasteiger partial charge >= 0.3 is 0 Å². The summed E-state index contributed by atoms with van der Waals surface area (Å²) in [5.41, 5.74) is 2.65. The predicted molar refractivity (Wildman–Crippen MR) is 102 cm³/mol. The second-order valence-electron chi connectivity index (χ2n) is 6.81. The summed E-state index contributed by atoms with van der Waals surface area (Å²) >= 11 is 0. The molecule has 0 aliphatic carbocycles. The van der Waals surface area contributed by atoms with E-state index in [2.05, 4.69) is 15.1 Å². The molecule has 2 N–H and O–H groups in total. The molecule has 0 spiro atoms. The van der Waals surface area contributed by atoms with E-state index in [-0.39, 0.29) is 5.91 Å². The van der Waals surface area contributed by atoms with E-state index in [0.29, 0.717) is 19.4 Å². The molecule has 2 atom stereocenters. The van der Waals surface area contributed by atoms with Crippen LogP contribution >= 0.6 is 0 Å². The number of hydrogen-bond donors (Lipinski definition) is 2. The lowest BCUT2D eigenvalue weighted by atomic mass is 10.00. The monoisotopic (exact) mass is 391 g/mol. The first kappa shape index (κ1) is 19.5. The van der Waals surface area contributed by atoms with E-state index in [0.717, 1.165) is 21.1 Å². The third kappa shape index (κ3) is 4.37. The van der Waals surface area contributed by atoms with E-state index in [9.17, 15) is 13.2 Å². The predicted octanol–water partition coefficient (Wildman–Crippen LogP) is 0.667. The molecular formula is C18H25N5O3S. The Labute approximate surface area is 159 Å². The Kier molecular flexibility index (Phi) is 5.64. The van der Waals surface area contributed by atoms with E-state index in [1.54, 1.807) is 17.9 Å². The zero-order valence-electron chi connectivity index (χ0n) is 15.7. The van der Waals surface area contributed by atoms with Crippen molar-refractivity contribution < 1.29 is 13.2 Å². The SMILES string of the molecule is Cc1nn(C)cc1[C@@H]1C[C@@H](C(=O)NCCc2ccccc2)N(C)S(=O)(=O)N1. The highest BCUT2D eigenvalue weighted by atomic mass is 32.2. The van der Waals surface area contributed by atoms with Gasteiger partial charge in [-0.05, 0) is 25.3 Å². The molecule has 0 saturated carbocycles. The number of aromatic nitrogens is 2. The summed E-state index contributed by atoms with van der Waals surface area (Å²) in [5.74, 6) is -0.287. The first-order chi connectivity index (χ1) is 12.8. The van der Waals surface area contributed by atoms with Gasteiger partial charge in [0.1, 0.15) is 6.04 Å². The van der Waals surface area contributed by atoms with Crippen LogP contribution in [-0.4, -0.2) is 48.0 Å². The molecule has 1 amide bonds. The van der Waals surface area contributed by atoms with Crippen LogP contribution in [0.15, 0.2) is 36.5 Å².